The number of nitrogens with zero attached hydrogens (tertiary/aromatic N) is 1. The maximum Gasteiger partial charge on any atom is 0.359 e. The molecule has 7 heteroatoms. The van der Waals surface area contributed by atoms with Gasteiger partial charge in [-0.15, -0.1) is 0 Å². The molecule has 0 bridgehead atoms. The van der Waals surface area contributed by atoms with Crippen LogP contribution >= 0.6 is 11.5 Å². The van der Waals surface area contributed by atoms with Crippen LogP contribution in [-0.4, -0.2) is 30.5 Å². The van der Waals surface area contributed by atoms with Crippen molar-refractivity contribution in [3.8, 4) is 0 Å². The molecule has 0 atom stereocenters. The number of aromatic nitrogens is 1. The summed E-state index contributed by atoms with van der Waals surface area (Å²) in [7, 11) is 2.43. The van der Waals surface area contributed by atoms with Gasteiger partial charge in [0.2, 0.25) is 0 Å². The van der Waals surface area contributed by atoms with E-state index in [0.29, 0.717) is 0 Å². The van der Waals surface area contributed by atoms with E-state index in [0.717, 1.165) is 11.5 Å². The van der Waals surface area contributed by atoms with Gasteiger partial charge >= 0.3 is 11.9 Å². The van der Waals surface area contributed by atoms with Crippen LogP contribution in [0.25, 0.3) is 0 Å². The minimum Gasteiger partial charge on any atom is -0.465 e. The zero-order valence-electron chi connectivity index (χ0n) is 7.57. The number of nitrogens with two attached hydrogens (primary N) is 1. The Hall–Kier alpha value is -1.63. The molecule has 0 unspecified atom stereocenters. The minimum absolute atomic E-state index is 0.00583. The summed E-state index contributed by atoms with van der Waals surface area (Å²) in [6, 6.07) is 0. The summed E-state index contributed by atoms with van der Waals surface area (Å²) in [4.78, 5) is 22.2. The summed E-state index contributed by atoms with van der Waals surface area (Å²) in [5.41, 5.74) is 5.44. The molecule has 0 aromatic carbocycles. The SMILES string of the molecule is COC(=O)c1nsc(C(=O)OC)c1N. The number of carbonyl (C=O) groups excluding carboxylic acids is 2. The fourth-order valence-corrected chi connectivity index (χ4v) is 1.49. The fourth-order valence-electron chi connectivity index (χ4n) is 0.781. The first-order chi connectivity index (χ1) is 6.61. The lowest BCUT2D eigenvalue weighted by molar-refractivity contribution is 0.0596. The van der Waals surface area contributed by atoms with Crippen LogP contribution in [0.2, 0.25) is 0 Å². The van der Waals surface area contributed by atoms with E-state index in [-0.39, 0.29) is 16.3 Å². The number of methoxy groups -OCH3 is 2. The van der Waals surface area contributed by atoms with Crippen molar-refractivity contribution in [1.29, 1.82) is 0 Å². The second kappa shape index (κ2) is 4.05. The van der Waals surface area contributed by atoms with Gasteiger partial charge in [0.15, 0.2) is 10.6 Å². The number of rotatable bonds is 2. The third kappa shape index (κ3) is 1.67. The van der Waals surface area contributed by atoms with E-state index in [2.05, 4.69) is 13.8 Å². The van der Waals surface area contributed by atoms with Crippen LogP contribution in [0.3, 0.4) is 0 Å². The van der Waals surface area contributed by atoms with E-state index >= 15 is 0 Å². The van der Waals surface area contributed by atoms with Crippen LogP contribution in [0, 0.1) is 0 Å². The summed E-state index contributed by atoms with van der Waals surface area (Å²) >= 11 is 0.802. The molecular formula is C7H8N2O4S. The Kier molecular flexibility index (Phi) is 3.03. The van der Waals surface area contributed by atoms with E-state index in [1.807, 2.05) is 0 Å². The Morgan fingerprint density at radius 2 is 1.86 bits per heavy atom. The Bertz CT molecular complexity index is 340. The summed E-state index contributed by atoms with van der Waals surface area (Å²) in [6.07, 6.45) is 0. The van der Waals surface area contributed by atoms with Crippen molar-refractivity contribution < 1.29 is 19.1 Å². The van der Waals surface area contributed by atoms with Gasteiger partial charge in [-0.2, -0.15) is 4.37 Å². The van der Waals surface area contributed by atoms with E-state index in [4.69, 9.17) is 5.73 Å². The van der Waals surface area contributed by atoms with Crippen molar-refractivity contribution in [3.05, 3.63) is 10.6 Å². The van der Waals surface area contributed by atoms with Gasteiger partial charge in [0, 0.05) is 0 Å². The summed E-state index contributed by atoms with van der Waals surface area (Å²) in [6.45, 7) is 0. The lowest BCUT2D eigenvalue weighted by Gasteiger charge is -1.97. The number of esters is 2. The molecule has 0 fully saturated rings. The first-order valence-corrected chi connectivity index (χ1v) is 4.31. The molecule has 0 aliphatic rings. The molecular weight excluding hydrogens is 208 g/mol. The summed E-state index contributed by atoms with van der Waals surface area (Å²) in [5, 5.41) is 0. The number of hydrogen-bond donors (Lipinski definition) is 1. The normalized spacial score (nSPS) is 9.57. The predicted octanol–water partition coefficient (Wildman–Crippen LogP) is 0.299. The van der Waals surface area contributed by atoms with Crippen LogP contribution in [0.4, 0.5) is 5.69 Å². The average molecular weight is 216 g/mol. The number of nitrogen functional groups attached to an aromatic ring is 1. The van der Waals surface area contributed by atoms with Crippen LogP contribution < -0.4 is 5.73 Å². The first kappa shape index (κ1) is 10.5. The summed E-state index contributed by atoms with van der Waals surface area (Å²) in [5.74, 6) is -1.29. The molecule has 1 aromatic heterocycles. The van der Waals surface area contributed by atoms with Gasteiger partial charge in [0.1, 0.15) is 0 Å². The molecule has 0 saturated heterocycles. The predicted molar refractivity (Wildman–Crippen MR) is 49.2 cm³/mol. The van der Waals surface area contributed by atoms with Crippen molar-refractivity contribution in [3.63, 3.8) is 0 Å². The smallest absolute Gasteiger partial charge is 0.359 e. The molecule has 0 aliphatic heterocycles. The lowest BCUT2D eigenvalue weighted by atomic mass is 10.3. The molecule has 1 heterocycles. The van der Waals surface area contributed by atoms with Crippen molar-refractivity contribution in [2.24, 2.45) is 0 Å². The molecule has 2 N–H and O–H groups in total. The Balaban J connectivity index is 3.08. The highest BCUT2D eigenvalue weighted by molar-refractivity contribution is 7.08. The second-order valence-electron chi connectivity index (χ2n) is 2.26. The van der Waals surface area contributed by atoms with Gasteiger partial charge in [-0.25, -0.2) is 9.59 Å². The monoisotopic (exact) mass is 216 g/mol. The lowest BCUT2D eigenvalue weighted by Crippen LogP contribution is -2.07. The Morgan fingerprint density at radius 1 is 1.29 bits per heavy atom. The molecule has 1 rings (SSSR count). The van der Waals surface area contributed by atoms with Crippen molar-refractivity contribution in [2.75, 3.05) is 20.0 Å². The number of carbonyl (C=O) groups is 2. The van der Waals surface area contributed by atoms with Gasteiger partial charge in [-0.1, -0.05) is 0 Å². The number of hydrogen-bond acceptors (Lipinski definition) is 7. The van der Waals surface area contributed by atoms with Gasteiger partial charge in [-0.05, 0) is 11.5 Å². The van der Waals surface area contributed by atoms with E-state index in [1.165, 1.54) is 14.2 Å². The van der Waals surface area contributed by atoms with Crippen molar-refractivity contribution in [1.82, 2.24) is 4.37 Å². The largest absolute Gasteiger partial charge is 0.465 e. The average Bonchev–Trinajstić information content (AvgIpc) is 2.58. The molecule has 76 valence electrons. The third-order valence-corrected chi connectivity index (χ3v) is 2.32. The van der Waals surface area contributed by atoms with E-state index in [1.54, 1.807) is 0 Å². The highest BCUT2D eigenvalue weighted by Gasteiger charge is 2.22. The van der Waals surface area contributed by atoms with Crippen LogP contribution in [0.5, 0.6) is 0 Å². The number of ether oxygens (including phenoxy) is 2. The van der Waals surface area contributed by atoms with Gasteiger partial charge in [-0.3, -0.25) is 0 Å². The maximum atomic E-state index is 11.1. The maximum absolute atomic E-state index is 11.1. The zero-order valence-corrected chi connectivity index (χ0v) is 8.38. The van der Waals surface area contributed by atoms with Crippen molar-refractivity contribution >= 4 is 29.2 Å². The van der Waals surface area contributed by atoms with Crippen LogP contribution in [0.1, 0.15) is 20.2 Å². The van der Waals surface area contributed by atoms with Crippen LogP contribution in [-0.2, 0) is 9.47 Å². The van der Waals surface area contributed by atoms with Crippen LogP contribution in [0.15, 0.2) is 0 Å². The van der Waals surface area contributed by atoms with Gasteiger partial charge in [0.25, 0.3) is 0 Å². The Labute approximate surface area is 83.8 Å². The molecule has 0 saturated carbocycles. The standard InChI is InChI=1S/C7H8N2O4S/c1-12-6(10)4-3(8)5(14-9-4)7(11)13-2/h8H2,1-2H3. The topological polar surface area (TPSA) is 91.5 Å². The molecule has 0 aliphatic carbocycles. The zero-order chi connectivity index (χ0) is 10.7. The highest BCUT2D eigenvalue weighted by atomic mass is 32.1. The van der Waals surface area contributed by atoms with E-state index in [9.17, 15) is 9.59 Å². The molecule has 0 radical (unpaired) electrons. The number of anilines is 1. The van der Waals surface area contributed by atoms with E-state index < -0.39 is 11.9 Å². The highest BCUT2D eigenvalue weighted by Crippen LogP contribution is 2.22. The Morgan fingerprint density at radius 3 is 2.36 bits per heavy atom. The molecule has 0 amide bonds. The second-order valence-corrected chi connectivity index (χ2v) is 3.03. The quantitative estimate of drug-likeness (QED) is 0.715. The molecule has 6 nitrogen and oxygen atoms in total. The van der Waals surface area contributed by atoms with Gasteiger partial charge in [0.05, 0.1) is 19.9 Å². The minimum atomic E-state index is -0.672. The molecule has 14 heavy (non-hydrogen) atoms. The molecule has 0 spiro atoms. The fraction of sp³-hybridized carbons (Fsp3) is 0.286. The third-order valence-electron chi connectivity index (χ3n) is 1.48. The summed E-state index contributed by atoms with van der Waals surface area (Å²) < 4.78 is 12.6. The van der Waals surface area contributed by atoms with Crippen molar-refractivity contribution in [2.45, 2.75) is 0 Å². The first-order valence-electron chi connectivity index (χ1n) is 3.53. The molecule has 1 aromatic rings. The van der Waals surface area contributed by atoms with Gasteiger partial charge < -0.3 is 15.2 Å².